The number of piperazine rings is 1. The molecule has 17 heavy (non-hydrogen) atoms. The largest absolute Gasteiger partial charge is 0.394 e. The molecule has 0 aromatic heterocycles. The minimum absolute atomic E-state index is 0.0650. The lowest BCUT2D eigenvalue weighted by molar-refractivity contribution is 0.111. The van der Waals surface area contributed by atoms with Gasteiger partial charge in [0.05, 0.1) is 12.6 Å². The van der Waals surface area contributed by atoms with Crippen molar-refractivity contribution in [1.29, 1.82) is 0 Å². The summed E-state index contributed by atoms with van der Waals surface area (Å²) in [5.74, 6) is 0. The second-order valence-corrected chi connectivity index (χ2v) is 4.90. The minimum atomic E-state index is 0.0650. The van der Waals surface area contributed by atoms with E-state index in [2.05, 4.69) is 16.3 Å². The summed E-state index contributed by atoms with van der Waals surface area (Å²) in [5.41, 5.74) is 2.18. The maximum Gasteiger partial charge on any atom is 0.0628 e. The Morgan fingerprint density at radius 3 is 2.71 bits per heavy atom. The van der Waals surface area contributed by atoms with Crippen LogP contribution in [-0.2, 0) is 0 Å². The van der Waals surface area contributed by atoms with Crippen molar-refractivity contribution in [3.63, 3.8) is 0 Å². The van der Waals surface area contributed by atoms with Crippen molar-refractivity contribution in [3.05, 3.63) is 34.3 Å². The average molecular weight is 255 g/mol. The number of hydrogen-bond donors (Lipinski definition) is 2. The van der Waals surface area contributed by atoms with Crippen LogP contribution in [0.2, 0.25) is 5.02 Å². The van der Waals surface area contributed by atoms with Gasteiger partial charge in [0.15, 0.2) is 0 Å². The van der Waals surface area contributed by atoms with Gasteiger partial charge in [-0.25, -0.2) is 0 Å². The molecule has 0 aliphatic carbocycles. The molecule has 0 saturated carbocycles. The summed E-state index contributed by atoms with van der Waals surface area (Å²) in [4.78, 5) is 2.30. The highest BCUT2D eigenvalue weighted by molar-refractivity contribution is 6.31. The molecule has 0 unspecified atom stereocenters. The van der Waals surface area contributed by atoms with Gasteiger partial charge in [0, 0.05) is 31.2 Å². The van der Waals surface area contributed by atoms with Crippen LogP contribution in [0.1, 0.15) is 17.2 Å². The molecule has 4 heteroatoms. The average Bonchev–Trinajstić information content (AvgIpc) is 2.36. The molecule has 0 amide bonds. The first-order valence-corrected chi connectivity index (χ1v) is 6.42. The second-order valence-electron chi connectivity index (χ2n) is 4.49. The number of aryl methyl sites for hydroxylation is 1. The molecular weight excluding hydrogens is 236 g/mol. The Hall–Kier alpha value is -0.610. The standard InChI is InChI=1S/C13H19ClN2O/c1-10-2-3-11(8-12(10)14)13(9-17)16-6-4-15-5-7-16/h2-3,8,13,15,17H,4-7,9H2,1H3/t13-/m1/s1. The molecule has 1 fully saturated rings. The van der Waals surface area contributed by atoms with E-state index in [0.717, 1.165) is 42.3 Å². The van der Waals surface area contributed by atoms with E-state index in [1.165, 1.54) is 0 Å². The third-order valence-corrected chi connectivity index (χ3v) is 3.75. The summed E-state index contributed by atoms with van der Waals surface area (Å²) in [5, 5.41) is 13.7. The third kappa shape index (κ3) is 2.99. The normalized spacial score (nSPS) is 19.2. The molecule has 94 valence electrons. The first-order chi connectivity index (χ1) is 8.22. The van der Waals surface area contributed by atoms with E-state index in [-0.39, 0.29) is 12.6 Å². The summed E-state index contributed by atoms with van der Waals surface area (Å²) >= 11 is 6.14. The van der Waals surface area contributed by atoms with Crippen LogP contribution < -0.4 is 5.32 Å². The molecule has 1 heterocycles. The second kappa shape index (κ2) is 5.83. The molecule has 1 aliphatic heterocycles. The van der Waals surface area contributed by atoms with Crippen molar-refractivity contribution < 1.29 is 5.11 Å². The number of nitrogens with one attached hydrogen (secondary N) is 1. The van der Waals surface area contributed by atoms with Gasteiger partial charge in [-0.2, -0.15) is 0 Å². The zero-order valence-electron chi connectivity index (χ0n) is 10.1. The van der Waals surface area contributed by atoms with Crippen molar-refractivity contribution >= 4 is 11.6 Å². The molecule has 1 aromatic rings. The molecule has 2 rings (SSSR count). The first-order valence-electron chi connectivity index (χ1n) is 6.04. The fraction of sp³-hybridized carbons (Fsp3) is 0.538. The van der Waals surface area contributed by atoms with E-state index in [0.29, 0.717) is 0 Å². The lowest BCUT2D eigenvalue weighted by Crippen LogP contribution is -2.46. The maximum atomic E-state index is 9.59. The van der Waals surface area contributed by atoms with Crippen LogP contribution in [0.5, 0.6) is 0 Å². The fourth-order valence-corrected chi connectivity index (χ4v) is 2.43. The van der Waals surface area contributed by atoms with E-state index < -0.39 is 0 Å². The molecular formula is C13H19ClN2O. The summed E-state index contributed by atoms with van der Waals surface area (Å²) in [7, 11) is 0. The molecule has 2 N–H and O–H groups in total. The molecule has 0 spiro atoms. The number of aliphatic hydroxyl groups is 1. The maximum absolute atomic E-state index is 9.59. The zero-order chi connectivity index (χ0) is 12.3. The summed E-state index contributed by atoms with van der Waals surface area (Å²) in [6.45, 7) is 6.03. The SMILES string of the molecule is Cc1ccc([C@@H](CO)N2CCNCC2)cc1Cl. The topological polar surface area (TPSA) is 35.5 Å². The van der Waals surface area contributed by atoms with E-state index in [1.54, 1.807) is 0 Å². The van der Waals surface area contributed by atoms with Gasteiger partial charge in [0.2, 0.25) is 0 Å². The number of rotatable bonds is 3. The lowest BCUT2D eigenvalue weighted by Gasteiger charge is -2.34. The molecule has 3 nitrogen and oxygen atoms in total. The van der Waals surface area contributed by atoms with Crippen LogP contribution in [0.25, 0.3) is 0 Å². The van der Waals surface area contributed by atoms with E-state index >= 15 is 0 Å². The quantitative estimate of drug-likeness (QED) is 0.860. The van der Waals surface area contributed by atoms with Gasteiger partial charge in [-0.05, 0) is 24.1 Å². The number of hydrogen-bond acceptors (Lipinski definition) is 3. The van der Waals surface area contributed by atoms with Crippen molar-refractivity contribution in [2.24, 2.45) is 0 Å². The van der Waals surface area contributed by atoms with Gasteiger partial charge in [-0.3, -0.25) is 4.90 Å². The Morgan fingerprint density at radius 1 is 1.41 bits per heavy atom. The Morgan fingerprint density at radius 2 is 2.12 bits per heavy atom. The highest BCUT2D eigenvalue weighted by Crippen LogP contribution is 2.25. The van der Waals surface area contributed by atoms with Crippen LogP contribution in [-0.4, -0.2) is 42.8 Å². The van der Waals surface area contributed by atoms with Gasteiger partial charge < -0.3 is 10.4 Å². The van der Waals surface area contributed by atoms with Gasteiger partial charge >= 0.3 is 0 Å². The molecule has 0 bridgehead atoms. The Balaban J connectivity index is 2.18. The molecule has 1 aromatic carbocycles. The summed E-state index contributed by atoms with van der Waals surface area (Å²) in [6.07, 6.45) is 0. The minimum Gasteiger partial charge on any atom is -0.394 e. The molecule has 1 aliphatic rings. The van der Waals surface area contributed by atoms with Gasteiger partial charge in [0.1, 0.15) is 0 Å². The van der Waals surface area contributed by atoms with Crippen molar-refractivity contribution in [3.8, 4) is 0 Å². The third-order valence-electron chi connectivity index (χ3n) is 3.35. The van der Waals surface area contributed by atoms with E-state index in [1.807, 2.05) is 19.1 Å². The Labute approximate surface area is 107 Å². The number of nitrogens with zero attached hydrogens (tertiary/aromatic N) is 1. The molecule has 0 radical (unpaired) electrons. The smallest absolute Gasteiger partial charge is 0.0628 e. The highest BCUT2D eigenvalue weighted by atomic mass is 35.5. The number of aliphatic hydroxyl groups excluding tert-OH is 1. The lowest BCUT2D eigenvalue weighted by atomic mass is 10.0. The Kier molecular flexibility index (Phi) is 4.40. The van der Waals surface area contributed by atoms with E-state index in [9.17, 15) is 5.11 Å². The van der Waals surface area contributed by atoms with Crippen LogP contribution in [0.4, 0.5) is 0 Å². The molecule has 1 saturated heterocycles. The van der Waals surface area contributed by atoms with Gasteiger partial charge in [0.25, 0.3) is 0 Å². The van der Waals surface area contributed by atoms with Crippen molar-refractivity contribution in [2.75, 3.05) is 32.8 Å². The molecule has 1 atom stereocenters. The zero-order valence-corrected chi connectivity index (χ0v) is 10.9. The van der Waals surface area contributed by atoms with E-state index in [4.69, 9.17) is 11.6 Å². The van der Waals surface area contributed by atoms with Crippen LogP contribution >= 0.6 is 11.6 Å². The number of halogens is 1. The summed E-state index contributed by atoms with van der Waals surface area (Å²) in [6, 6.07) is 6.11. The monoisotopic (exact) mass is 254 g/mol. The Bertz CT molecular complexity index is 378. The van der Waals surface area contributed by atoms with Crippen LogP contribution in [0, 0.1) is 6.92 Å². The van der Waals surface area contributed by atoms with Crippen LogP contribution in [0.3, 0.4) is 0 Å². The fourth-order valence-electron chi connectivity index (χ4n) is 2.24. The van der Waals surface area contributed by atoms with Crippen LogP contribution in [0.15, 0.2) is 18.2 Å². The summed E-state index contributed by atoms with van der Waals surface area (Å²) < 4.78 is 0. The van der Waals surface area contributed by atoms with Gasteiger partial charge in [-0.1, -0.05) is 23.7 Å². The predicted molar refractivity (Wildman–Crippen MR) is 70.5 cm³/mol. The van der Waals surface area contributed by atoms with Gasteiger partial charge in [-0.15, -0.1) is 0 Å². The first kappa shape index (κ1) is 12.8. The van der Waals surface area contributed by atoms with Crippen molar-refractivity contribution in [2.45, 2.75) is 13.0 Å². The highest BCUT2D eigenvalue weighted by Gasteiger charge is 2.21. The van der Waals surface area contributed by atoms with Crippen molar-refractivity contribution in [1.82, 2.24) is 10.2 Å². The number of benzene rings is 1. The predicted octanol–water partition coefficient (Wildman–Crippen LogP) is 1.59.